The lowest BCUT2D eigenvalue weighted by atomic mass is 10.2. The molecule has 0 bridgehead atoms. The molecular weight excluding hydrogens is 180 g/mol. The molecule has 1 nitrogen and oxygen atoms in total. The van der Waals surface area contributed by atoms with Gasteiger partial charge < -0.3 is 4.74 Å². The van der Waals surface area contributed by atoms with Crippen LogP contribution >= 0.6 is 11.8 Å². The maximum Gasteiger partial charge on any atom is 0.0476 e. The fourth-order valence-corrected chi connectivity index (χ4v) is 2.61. The summed E-state index contributed by atoms with van der Waals surface area (Å²) < 4.78 is 5.32. The molecule has 2 heteroatoms. The van der Waals surface area contributed by atoms with E-state index in [-0.39, 0.29) is 0 Å². The SMILES string of the molecule is c1ccc(SC2CCOCC2)cc1. The molecule has 2 rings (SSSR count). The number of hydrogen-bond acceptors (Lipinski definition) is 2. The third-order valence-corrected chi connectivity index (χ3v) is 3.56. The minimum absolute atomic E-state index is 0.760. The molecule has 1 aromatic rings. The van der Waals surface area contributed by atoms with Gasteiger partial charge in [-0.15, -0.1) is 11.8 Å². The molecule has 0 aliphatic carbocycles. The maximum absolute atomic E-state index is 5.32. The fourth-order valence-electron chi connectivity index (χ4n) is 1.49. The van der Waals surface area contributed by atoms with E-state index < -0.39 is 0 Å². The van der Waals surface area contributed by atoms with Crippen molar-refractivity contribution in [1.29, 1.82) is 0 Å². The normalized spacial score (nSPS) is 18.8. The second-order valence-electron chi connectivity index (χ2n) is 3.24. The third-order valence-electron chi connectivity index (χ3n) is 2.21. The molecule has 0 unspecified atom stereocenters. The molecule has 0 saturated carbocycles. The van der Waals surface area contributed by atoms with E-state index in [4.69, 9.17) is 4.74 Å². The van der Waals surface area contributed by atoms with E-state index >= 15 is 0 Å². The van der Waals surface area contributed by atoms with Gasteiger partial charge in [-0.2, -0.15) is 0 Å². The summed E-state index contributed by atoms with van der Waals surface area (Å²) in [5.41, 5.74) is 0. The zero-order chi connectivity index (χ0) is 8.93. The summed E-state index contributed by atoms with van der Waals surface area (Å²) in [4.78, 5) is 1.38. The number of thioether (sulfide) groups is 1. The van der Waals surface area contributed by atoms with Crippen molar-refractivity contribution < 1.29 is 4.74 Å². The van der Waals surface area contributed by atoms with Crippen molar-refractivity contribution in [2.24, 2.45) is 0 Å². The van der Waals surface area contributed by atoms with Gasteiger partial charge in [0.1, 0.15) is 0 Å². The predicted molar refractivity (Wildman–Crippen MR) is 56.1 cm³/mol. The second-order valence-corrected chi connectivity index (χ2v) is 4.62. The van der Waals surface area contributed by atoms with Crippen LogP contribution in [0.25, 0.3) is 0 Å². The Hall–Kier alpha value is -0.470. The summed E-state index contributed by atoms with van der Waals surface area (Å²) in [7, 11) is 0. The van der Waals surface area contributed by atoms with Gasteiger partial charge in [-0.25, -0.2) is 0 Å². The van der Waals surface area contributed by atoms with E-state index in [1.165, 1.54) is 17.7 Å². The second kappa shape index (κ2) is 4.68. The highest BCUT2D eigenvalue weighted by molar-refractivity contribution is 8.00. The van der Waals surface area contributed by atoms with Crippen molar-refractivity contribution in [3.63, 3.8) is 0 Å². The number of ether oxygens (including phenoxy) is 1. The molecule has 70 valence electrons. The molecule has 1 heterocycles. The van der Waals surface area contributed by atoms with Crippen LogP contribution in [0, 0.1) is 0 Å². The Morgan fingerprint density at radius 3 is 2.46 bits per heavy atom. The van der Waals surface area contributed by atoms with Crippen molar-refractivity contribution in [1.82, 2.24) is 0 Å². The monoisotopic (exact) mass is 194 g/mol. The van der Waals surface area contributed by atoms with Gasteiger partial charge in [0.2, 0.25) is 0 Å². The molecule has 1 aromatic carbocycles. The molecule has 0 N–H and O–H groups in total. The molecule has 1 aliphatic heterocycles. The quantitative estimate of drug-likeness (QED) is 0.716. The summed E-state index contributed by atoms with van der Waals surface area (Å²) in [5, 5.41) is 0.760. The highest BCUT2D eigenvalue weighted by Gasteiger charge is 2.14. The van der Waals surface area contributed by atoms with Crippen molar-refractivity contribution >= 4 is 11.8 Å². The molecule has 0 spiro atoms. The predicted octanol–water partition coefficient (Wildman–Crippen LogP) is 2.96. The smallest absolute Gasteiger partial charge is 0.0476 e. The Balaban J connectivity index is 1.90. The fraction of sp³-hybridized carbons (Fsp3) is 0.455. The zero-order valence-electron chi connectivity index (χ0n) is 7.61. The van der Waals surface area contributed by atoms with Crippen LogP contribution in [0.15, 0.2) is 35.2 Å². The first-order chi connectivity index (χ1) is 6.45. The molecule has 0 atom stereocenters. The molecular formula is C11H14OS. The van der Waals surface area contributed by atoms with Crippen LogP contribution in [0.5, 0.6) is 0 Å². The summed E-state index contributed by atoms with van der Waals surface area (Å²) in [6, 6.07) is 10.6. The van der Waals surface area contributed by atoms with Crippen molar-refractivity contribution in [3.05, 3.63) is 30.3 Å². The van der Waals surface area contributed by atoms with Crippen LogP contribution in [0.4, 0.5) is 0 Å². The van der Waals surface area contributed by atoms with Gasteiger partial charge in [-0.1, -0.05) is 18.2 Å². The number of rotatable bonds is 2. The van der Waals surface area contributed by atoms with Crippen molar-refractivity contribution in [2.75, 3.05) is 13.2 Å². The van der Waals surface area contributed by atoms with E-state index in [1.807, 2.05) is 11.8 Å². The largest absolute Gasteiger partial charge is 0.381 e. The van der Waals surface area contributed by atoms with Gasteiger partial charge in [0.15, 0.2) is 0 Å². The van der Waals surface area contributed by atoms with E-state index in [1.54, 1.807) is 0 Å². The third kappa shape index (κ3) is 2.75. The van der Waals surface area contributed by atoms with Gasteiger partial charge in [0, 0.05) is 23.4 Å². The van der Waals surface area contributed by atoms with E-state index in [0.29, 0.717) is 0 Å². The van der Waals surface area contributed by atoms with Crippen molar-refractivity contribution in [2.45, 2.75) is 23.0 Å². The average molecular weight is 194 g/mol. The molecule has 0 aromatic heterocycles. The standard InChI is InChI=1S/C11H14OS/c1-2-4-10(5-3-1)13-11-6-8-12-9-7-11/h1-5,11H,6-9H2. The zero-order valence-corrected chi connectivity index (χ0v) is 8.43. The highest BCUT2D eigenvalue weighted by Crippen LogP contribution is 2.29. The van der Waals surface area contributed by atoms with Gasteiger partial charge in [-0.05, 0) is 25.0 Å². The van der Waals surface area contributed by atoms with Crippen LogP contribution in [-0.4, -0.2) is 18.5 Å². The van der Waals surface area contributed by atoms with Gasteiger partial charge in [0.25, 0.3) is 0 Å². The molecule has 1 fully saturated rings. The van der Waals surface area contributed by atoms with Crippen LogP contribution in [0.1, 0.15) is 12.8 Å². The molecule has 13 heavy (non-hydrogen) atoms. The average Bonchev–Trinajstić information content (AvgIpc) is 2.21. The van der Waals surface area contributed by atoms with Gasteiger partial charge >= 0.3 is 0 Å². The topological polar surface area (TPSA) is 9.23 Å². The Bertz CT molecular complexity index is 242. The lowest BCUT2D eigenvalue weighted by molar-refractivity contribution is 0.100. The Morgan fingerprint density at radius 1 is 1.08 bits per heavy atom. The molecule has 1 saturated heterocycles. The van der Waals surface area contributed by atoms with Crippen LogP contribution in [-0.2, 0) is 4.74 Å². The van der Waals surface area contributed by atoms with Gasteiger partial charge in [-0.3, -0.25) is 0 Å². The molecule has 0 amide bonds. The van der Waals surface area contributed by atoms with Crippen LogP contribution < -0.4 is 0 Å². The lowest BCUT2D eigenvalue weighted by Gasteiger charge is -2.21. The minimum atomic E-state index is 0.760. The maximum atomic E-state index is 5.32. The molecule has 0 radical (unpaired) electrons. The van der Waals surface area contributed by atoms with E-state index in [2.05, 4.69) is 30.3 Å². The number of hydrogen-bond donors (Lipinski definition) is 0. The summed E-state index contributed by atoms with van der Waals surface area (Å²) >= 11 is 1.98. The first-order valence-electron chi connectivity index (χ1n) is 4.74. The lowest BCUT2D eigenvalue weighted by Crippen LogP contribution is -2.17. The van der Waals surface area contributed by atoms with Crippen LogP contribution in [0.2, 0.25) is 0 Å². The van der Waals surface area contributed by atoms with E-state index in [0.717, 1.165) is 18.5 Å². The minimum Gasteiger partial charge on any atom is -0.381 e. The Kier molecular flexibility index (Phi) is 3.27. The first-order valence-corrected chi connectivity index (χ1v) is 5.62. The summed E-state index contributed by atoms with van der Waals surface area (Å²) in [5.74, 6) is 0. The van der Waals surface area contributed by atoms with Crippen molar-refractivity contribution in [3.8, 4) is 0 Å². The Labute approximate surface area is 83.5 Å². The van der Waals surface area contributed by atoms with E-state index in [9.17, 15) is 0 Å². The molecule has 1 aliphatic rings. The summed E-state index contributed by atoms with van der Waals surface area (Å²) in [6.07, 6.45) is 2.39. The number of benzene rings is 1. The summed E-state index contributed by atoms with van der Waals surface area (Å²) in [6.45, 7) is 1.87. The van der Waals surface area contributed by atoms with Gasteiger partial charge in [0.05, 0.1) is 0 Å². The highest BCUT2D eigenvalue weighted by atomic mass is 32.2. The van der Waals surface area contributed by atoms with Crippen LogP contribution in [0.3, 0.4) is 0 Å². The first kappa shape index (κ1) is 9.10. The Morgan fingerprint density at radius 2 is 1.77 bits per heavy atom.